The average Bonchev–Trinajstić information content (AvgIpc) is 2.78. The van der Waals surface area contributed by atoms with Gasteiger partial charge in [-0.25, -0.2) is 14.6 Å². The fourth-order valence-corrected chi connectivity index (χ4v) is 2.34. The molecule has 9 nitrogen and oxygen atoms in total. The van der Waals surface area contributed by atoms with Crippen molar-refractivity contribution in [2.24, 2.45) is 0 Å². The first-order valence-electron chi connectivity index (χ1n) is 9.26. The molecule has 3 aromatic rings. The third-order valence-corrected chi connectivity index (χ3v) is 3.95. The van der Waals surface area contributed by atoms with Gasteiger partial charge < -0.3 is 26.0 Å². The number of alkyl halides is 3. The van der Waals surface area contributed by atoms with Crippen molar-refractivity contribution in [1.82, 2.24) is 9.97 Å². The molecular formula is C21H19F3N4O5. The van der Waals surface area contributed by atoms with E-state index in [-0.39, 0.29) is 5.56 Å². The number of nitrogens with one attached hydrogen (secondary N) is 2. The largest absolute Gasteiger partial charge is 0.490 e. The molecule has 33 heavy (non-hydrogen) atoms. The van der Waals surface area contributed by atoms with Gasteiger partial charge in [0.1, 0.15) is 5.82 Å². The lowest BCUT2D eigenvalue weighted by Crippen LogP contribution is -2.21. The number of carbonyl (C=O) groups is 2. The molecule has 0 amide bonds. The van der Waals surface area contributed by atoms with Crippen LogP contribution >= 0.6 is 0 Å². The van der Waals surface area contributed by atoms with Crippen molar-refractivity contribution in [2.45, 2.75) is 12.3 Å². The van der Waals surface area contributed by atoms with Gasteiger partial charge in [-0.2, -0.15) is 18.2 Å². The molecule has 0 bridgehead atoms. The normalized spacial score (nSPS) is 11.5. The van der Waals surface area contributed by atoms with Gasteiger partial charge in [0.2, 0.25) is 5.95 Å². The summed E-state index contributed by atoms with van der Waals surface area (Å²) >= 11 is 0. The van der Waals surface area contributed by atoms with Gasteiger partial charge in [0.25, 0.3) is 0 Å². The van der Waals surface area contributed by atoms with Crippen molar-refractivity contribution >= 4 is 29.4 Å². The molecule has 1 atom stereocenters. The van der Waals surface area contributed by atoms with Crippen LogP contribution in [0.5, 0.6) is 0 Å². The highest BCUT2D eigenvalue weighted by Gasteiger charge is 2.38. The number of carboxylic acid groups (broad SMARTS) is 2. The van der Waals surface area contributed by atoms with Crippen LogP contribution in [0.15, 0.2) is 66.9 Å². The predicted octanol–water partition coefficient (Wildman–Crippen LogP) is 3.70. The van der Waals surface area contributed by atoms with Gasteiger partial charge in [-0.05, 0) is 35.9 Å². The lowest BCUT2D eigenvalue weighted by Gasteiger charge is -2.13. The smallest absolute Gasteiger partial charge is 0.478 e. The molecule has 0 aliphatic heterocycles. The van der Waals surface area contributed by atoms with Crippen molar-refractivity contribution in [3.63, 3.8) is 0 Å². The molecule has 2 aromatic carbocycles. The van der Waals surface area contributed by atoms with Gasteiger partial charge in [0.05, 0.1) is 11.7 Å². The molecule has 12 heteroatoms. The van der Waals surface area contributed by atoms with E-state index in [0.29, 0.717) is 24.0 Å². The summed E-state index contributed by atoms with van der Waals surface area (Å²) in [5.74, 6) is -2.80. The summed E-state index contributed by atoms with van der Waals surface area (Å²) in [4.78, 5) is 28.2. The molecule has 1 heterocycles. The highest BCUT2D eigenvalue weighted by molar-refractivity contribution is 5.88. The Balaban J connectivity index is 0.000000479. The van der Waals surface area contributed by atoms with Gasteiger partial charge in [-0.15, -0.1) is 0 Å². The Morgan fingerprint density at radius 2 is 1.58 bits per heavy atom. The standard InChI is InChI=1S/C19H18N4O3.C2HF3O2/c24-16(13-4-2-1-3-5-13)12-21-17-10-11-20-19(23-17)22-15-8-6-14(7-9-15)18(25)26;3-2(4,5)1(6)7/h1-11,16,24H,12H2,(H,25,26)(H2,20,21,22,23);(H,6,7). The number of nitrogens with zero attached hydrogens (tertiary/aromatic N) is 2. The zero-order valence-corrected chi connectivity index (χ0v) is 16.8. The molecule has 0 spiro atoms. The van der Waals surface area contributed by atoms with Crippen molar-refractivity contribution in [3.8, 4) is 0 Å². The number of aliphatic hydroxyl groups is 1. The van der Waals surface area contributed by atoms with Crippen LogP contribution in [-0.2, 0) is 4.79 Å². The van der Waals surface area contributed by atoms with E-state index in [4.69, 9.17) is 15.0 Å². The Morgan fingerprint density at radius 1 is 0.970 bits per heavy atom. The van der Waals surface area contributed by atoms with E-state index in [1.165, 1.54) is 12.1 Å². The predicted molar refractivity (Wildman–Crippen MR) is 112 cm³/mol. The minimum atomic E-state index is -5.08. The minimum absolute atomic E-state index is 0.210. The van der Waals surface area contributed by atoms with E-state index in [1.54, 1.807) is 24.4 Å². The van der Waals surface area contributed by atoms with E-state index in [0.717, 1.165) is 5.56 Å². The summed E-state index contributed by atoms with van der Waals surface area (Å²) in [6.07, 6.45) is -4.14. The SMILES string of the molecule is O=C(O)C(F)(F)F.O=C(O)c1ccc(Nc2nccc(NCC(O)c3ccccc3)n2)cc1. The van der Waals surface area contributed by atoms with E-state index < -0.39 is 24.2 Å². The number of aliphatic hydroxyl groups excluding tert-OH is 1. The second-order valence-electron chi connectivity index (χ2n) is 6.38. The Labute approximate surface area is 185 Å². The number of hydrogen-bond acceptors (Lipinski definition) is 7. The lowest BCUT2D eigenvalue weighted by atomic mass is 10.1. The number of aromatic carboxylic acids is 1. The maximum Gasteiger partial charge on any atom is 0.490 e. The topological polar surface area (TPSA) is 145 Å². The number of aromatic nitrogens is 2. The zero-order valence-electron chi connectivity index (χ0n) is 16.8. The number of rotatable bonds is 7. The van der Waals surface area contributed by atoms with Crippen LogP contribution in [0.2, 0.25) is 0 Å². The number of anilines is 3. The van der Waals surface area contributed by atoms with Crippen LogP contribution in [0.4, 0.5) is 30.6 Å². The van der Waals surface area contributed by atoms with Crippen LogP contribution in [-0.4, -0.2) is 49.9 Å². The minimum Gasteiger partial charge on any atom is -0.478 e. The summed E-state index contributed by atoms with van der Waals surface area (Å²) < 4.78 is 31.7. The first kappa shape index (κ1) is 25.1. The van der Waals surface area contributed by atoms with Gasteiger partial charge in [0.15, 0.2) is 0 Å². The molecule has 0 saturated carbocycles. The van der Waals surface area contributed by atoms with Crippen LogP contribution in [0, 0.1) is 0 Å². The molecule has 0 radical (unpaired) electrons. The highest BCUT2D eigenvalue weighted by Crippen LogP contribution is 2.17. The molecule has 174 valence electrons. The molecule has 0 aliphatic carbocycles. The third-order valence-electron chi connectivity index (χ3n) is 3.95. The van der Waals surface area contributed by atoms with Crippen LogP contribution in [0.3, 0.4) is 0 Å². The molecular weight excluding hydrogens is 445 g/mol. The number of carboxylic acids is 2. The number of halogens is 3. The molecule has 3 rings (SSSR count). The lowest BCUT2D eigenvalue weighted by molar-refractivity contribution is -0.192. The number of hydrogen-bond donors (Lipinski definition) is 5. The van der Waals surface area contributed by atoms with Crippen LogP contribution < -0.4 is 10.6 Å². The zero-order chi connectivity index (χ0) is 24.4. The van der Waals surface area contributed by atoms with Gasteiger partial charge >= 0.3 is 18.1 Å². The van der Waals surface area contributed by atoms with Crippen molar-refractivity contribution < 1.29 is 38.1 Å². The third kappa shape index (κ3) is 8.45. The number of aliphatic carboxylic acids is 1. The quantitative estimate of drug-likeness (QED) is 0.353. The second-order valence-corrected chi connectivity index (χ2v) is 6.38. The van der Waals surface area contributed by atoms with Crippen LogP contribution in [0.25, 0.3) is 0 Å². The van der Waals surface area contributed by atoms with Gasteiger partial charge in [0, 0.05) is 18.4 Å². The molecule has 0 aliphatic rings. The molecule has 0 fully saturated rings. The Hall–Kier alpha value is -4.19. The first-order chi connectivity index (χ1) is 15.6. The average molecular weight is 464 g/mol. The molecule has 0 saturated heterocycles. The van der Waals surface area contributed by atoms with E-state index in [1.807, 2.05) is 30.3 Å². The summed E-state index contributed by atoms with van der Waals surface area (Å²) in [6, 6.07) is 17.4. The fraction of sp³-hybridized carbons (Fsp3) is 0.143. The summed E-state index contributed by atoms with van der Waals surface area (Å²) in [6.45, 7) is 0.313. The monoisotopic (exact) mass is 464 g/mol. The van der Waals surface area contributed by atoms with Crippen molar-refractivity contribution in [1.29, 1.82) is 0 Å². The maximum absolute atomic E-state index is 10.9. The van der Waals surface area contributed by atoms with E-state index in [2.05, 4.69) is 20.6 Å². The molecule has 5 N–H and O–H groups in total. The van der Waals surface area contributed by atoms with Crippen LogP contribution in [0.1, 0.15) is 22.0 Å². The van der Waals surface area contributed by atoms with E-state index >= 15 is 0 Å². The Kier molecular flexibility index (Phi) is 8.69. The first-order valence-corrected chi connectivity index (χ1v) is 9.26. The van der Waals surface area contributed by atoms with Gasteiger partial charge in [-0.3, -0.25) is 0 Å². The Morgan fingerprint density at radius 3 is 2.12 bits per heavy atom. The molecule has 1 aromatic heterocycles. The summed E-state index contributed by atoms with van der Waals surface area (Å²) in [5, 5.41) is 32.3. The fourth-order valence-electron chi connectivity index (χ4n) is 2.34. The van der Waals surface area contributed by atoms with Crippen molar-refractivity contribution in [2.75, 3.05) is 17.2 Å². The van der Waals surface area contributed by atoms with Crippen molar-refractivity contribution in [3.05, 3.63) is 78.0 Å². The maximum atomic E-state index is 10.9. The second kappa shape index (κ2) is 11.4. The highest BCUT2D eigenvalue weighted by atomic mass is 19.4. The number of benzene rings is 2. The summed E-state index contributed by atoms with van der Waals surface area (Å²) in [7, 11) is 0. The van der Waals surface area contributed by atoms with E-state index in [9.17, 15) is 23.1 Å². The van der Waals surface area contributed by atoms with Gasteiger partial charge in [-0.1, -0.05) is 30.3 Å². The Bertz CT molecular complexity index is 1060. The molecule has 1 unspecified atom stereocenters. The summed E-state index contributed by atoms with van der Waals surface area (Å²) in [5.41, 5.74) is 1.71.